The predicted molar refractivity (Wildman–Crippen MR) is 85.4 cm³/mol. The van der Waals surface area contributed by atoms with E-state index in [0.29, 0.717) is 0 Å². The highest BCUT2D eigenvalue weighted by atomic mass is 32.2. The summed E-state index contributed by atoms with van der Waals surface area (Å²) in [6.45, 7) is 0.906. The lowest BCUT2D eigenvalue weighted by Crippen LogP contribution is -2.04. The van der Waals surface area contributed by atoms with E-state index in [4.69, 9.17) is 4.42 Å². The summed E-state index contributed by atoms with van der Waals surface area (Å²) in [7, 11) is 0. The third-order valence-corrected chi connectivity index (χ3v) is 3.92. The van der Waals surface area contributed by atoms with Crippen molar-refractivity contribution in [3.8, 4) is 0 Å². The van der Waals surface area contributed by atoms with Gasteiger partial charge in [-0.2, -0.15) is 11.8 Å². The van der Waals surface area contributed by atoms with Crippen molar-refractivity contribution in [1.82, 2.24) is 9.97 Å². The van der Waals surface area contributed by atoms with Crippen molar-refractivity contribution in [3.05, 3.63) is 30.6 Å². The van der Waals surface area contributed by atoms with E-state index in [2.05, 4.69) is 21.5 Å². The number of furan rings is 1. The van der Waals surface area contributed by atoms with Crippen LogP contribution in [0.15, 0.2) is 35.0 Å². The molecule has 3 rings (SSSR count). The van der Waals surface area contributed by atoms with Crippen LogP contribution in [0.3, 0.4) is 0 Å². The van der Waals surface area contributed by atoms with Crippen LogP contribution < -0.4 is 5.32 Å². The second kappa shape index (κ2) is 6.13. The van der Waals surface area contributed by atoms with Crippen LogP contribution in [0.2, 0.25) is 0 Å². The molecule has 0 unspecified atom stereocenters. The summed E-state index contributed by atoms with van der Waals surface area (Å²) < 4.78 is 5.87. The lowest BCUT2D eigenvalue weighted by Gasteiger charge is -2.04. The standard InChI is InChI=1S/C15H17N3OS/c1-20-9-5-4-8-16-15-14-13(17-10-18-15)11-6-2-3-7-12(11)19-14/h2-3,6-7,10H,4-5,8-9H2,1H3,(H,16,17,18). The normalized spacial score (nSPS) is 11.2. The Morgan fingerprint density at radius 1 is 1.20 bits per heavy atom. The number of nitrogens with zero attached hydrogens (tertiary/aromatic N) is 2. The van der Waals surface area contributed by atoms with Crippen molar-refractivity contribution in [2.45, 2.75) is 12.8 Å². The molecule has 0 aliphatic rings. The molecule has 0 fully saturated rings. The number of hydrogen-bond acceptors (Lipinski definition) is 5. The zero-order chi connectivity index (χ0) is 13.8. The highest BCUT2D eigenvalue weighted by Gasteiger charge is 2.11. The van der Waals surface area contributed by atoms with Crippen LogP contribution >= 0.6 is 11.8 Å². The summed E-state index contributed by atoms with van der Waals surface area (Å²) in [5.41, 5.74) is 2.48. The van der Waals surface area contributed by atoms with Gasteiger partial charge >= 0.3 is 0 Å². The first-order valence-electron chi connectivity index (χ1n) is 6.75. The molecule has 0 aliphatic heterocycles. The molecule has 0 spiro atoms. The average molecular weight is 287 g/mol. The largest absolute Gasteiger partial charge is 0.450 e. The molecule has 20 heavy (non-hydrogen) atoms. The first kappa shape index (κ1) is 13.2. The molecule has 3 aromatic rings. The Morgan fingerprint density at radius 2 is 2.10 bits per heavy atom. The Balaban J connectivity index is 1.84. The summed E-state index contributed by atoms with van der Waals surface area (Å²) in [4.78, 5) is 8.64. The third kappa shape index (κ3) is 2.58. The number of benzene rings is 1. The van der Waals surface area contributed by atoms with Crippen LogP contribution in [0.4, 0.5) is 5.82 Å². The Morgan fingerprint density at radius 3 is 3.00 bits per heavy atom. The van der Waals surface area contributed by atoms with Crippen molar-refractivity contribution >= 4 is 39.6 Å². The maximum Gasteiger partial charge on any atom is 0.196 e. The molecule has 0 aliphatic carbocycles. The van der Waals surface area contributed by atoms with Gasteiger partial charge in [0.15, 0.2) is 11.4 Å². The van der Waals surface area contributed by atoms with E-state index in [1.165, 1.54) is 12.2 Å². The van der Waals surface area contributed by atoms with Crippen LogP contribution in [-0.4, -0.2) is 28.5 Å². The minimum absolute atomic E-state index is 0.749. The first-order valence-corrected chi connectivity index (χ1v) is 8.14. The maximum atomic E-state index is 5.87. The van der Waals surface area contributed by atoms with E-state index in [1.54, 1.807) is 6.33 Å². The van der Waals surface area contributed by atoms with Gasteiger partial charge in [0.05, 0.1) is 0 Å². The van der Waals surface area contributed by atoms with Gasteiger partial charge in [-0.1, -0.05) is 12.1 Å². The SMILES string of the molecule is CSCCCCNc1ncnc2c1oc1ccccc12. The summed E-state index contributed by atoms with van der Waals surface area (Å²) in [5.74, 6) is 1.99. The van der Waals surface area contributed by atoms with Gasteiger partial charge in [0.1, 0.15) is 17.4 Å². The number of rotatable bonds is 6. The molecule has 1 N–H and O–H groups in total. The molecule has 0 saturated heterocycles. The van der Waals surface area contributed by atoms with E-state index in [-0.39, 0.29) is 0 Å². The van der Waals surface area contributed by atoms with Crippen molar-refractivity contribution in [2.24, 2.45) is 0 Å². The summed E-state index contributed by atoms with van der Waals surface area (Å²) in [6.07, 6.45) is 6.07. The third-order valence-electron chi connectivity index (χ3n) is 3.23. The highest BCUT2D eigenvalue weighted by Crippen LogP contribution is 2.30. The predicted octanol–water partition coefficient (Wildman–Crippen LogP) is 3.93. The zero-order valence-electron chi connectivity index (χ0n) is 11.4. The lowest BCUT2D eigenvalue weighted by atomic mass is 10.2. The summed E-state index contributed by atoms with van der Waals surface area (Å²) >= 11 is 1.88. The van der Waals surface area contributed by atoms with Crippen LogP contribution in [-0.2, 0) is 0 Å². The first-order chi connectivity index (χ1) is 9.90. The molecule has 4 nitrogen and oxygen atoms in total. The van der Waals surface area contributed by atoms with E-state index >= 15 is 0 Å². The van der Waals surface area contributed by atoms with Gasteiger partial charge in [0, 0.05) is 11.9 Å². The molecule has 0 radical (unpaired) electrons. The maximum absolute atomic E-state index is 5.87. The van der Waals surface area contributed by atoms with Gasteiger partial charge < -0.3 is 9.73 Å². The van der Waals surface area contributed by atoms with Gasteiger partial charge in [-0.05, 0) is 37.0 Å². The molecular formula is C15H17N3OS. The summed E-state index contributed by atoms with van der Waals surface area (Å²) in [5, 5.41) is 4.39. The zero-order valence-corrected chi connectivity index (χ0v) is 12.2. The van der Waals surface area contributed by atoms with Crippen molar-refractivity contribution in [1.29, 1.82) is 0 Å². The van der Waals surface area contributed by atoms with Gasteiger partial charge in [-0.25, -0.2) is 9.97 Å². The molecule has 5 heteroatoms. The summed E-state index contributed by atoms with van der Waals surface area (Å²) in [6, 6.07) is 7.94. The fourth-order valence-corrected chi connectivity index (χ4v) is 2.72. The minimum atomic E-state index is 0.749. The number of unbranched alkanes of at least 4 members (excludes halogenated alkanes) is 1. The molecule has 0 saturated carbocycles. The Labute approximate surface area is 122 Å². The van der Waals surface area contributed by atoms with Crippen molar-refractivity contribution in [3.63, 3.8) is 0 Å². The second-order valence-corrected chi connectivity index (χ2v) is 5.61. The lowest BCUT2D eigenvalue weighted by molar-refractivity contribution is 0.666. The Kier molecular flexibility index (Phi) is 4.06. The van der Waals surface area contributed by atoms with Gasteiger partial charge in [0.2, 0.25) is 0 Å². The Bertz CT molecular complexity index is 710. The highest BCUT2D eigenvalue weighted by molar-refractivity contribution is 7.98. The van der Waals surface area contributed by atoms with Crippen LogP contribution in [0, 0.1) is 0 Å². The average Bonchev–Trinajstić information content (AvgIpc) is 2.87. The van der Waals surface area contributed by atoms with Crippen LogP contribution in [0.25, 0.3) is 22.1 Å². The molecule has 2 heterocycles. The molecule has 1 aromatic carbocycles. The number of nitrogens with one attached hydrogen (secondary N) is 1. The van der Waals surface area contributed by atoms with Crippen LogP contribution in [0.5, 0.6) is 0 Å². The fourth-order valence-electron chi connectivity index (χ4n) is 2.23. The Hall–Kier alpha value is -1.75. The van der Waals surface area contributed by atoms with Crippen molar-refractivity contribution in [2.75, 3.05) is 23.9 Å². The molecule has 0 atom stereocenters. The van der Waals surface area contributed by atoms with Gasteiger partial charge in [-0.3, -0.25) is 0 Å². The number of para-hydroxylation sites is 1. The van der Waals surface area contributed by atoms with Gasteiger partial charge in [-0.15, -0.1) is 0 Å². The van der Waals surface area contributed by atoms with E-state index < -0.39 is 0 Å². The smallest absolute Gasteiger partial charge is 0.196 e. The molecule has 2 aromatic heterocycles. The minimum Gasteiger partial charge on any atom is -0.450 e. The van der Waals surface area contributed by atoms with Crippen molar-refractivity contribution < 1.29 is 4.42 Å². The van der Waals surface area contributed by atoms with E-state index in [9.17, 15) is 0 Å². The number of hydrogen-bond donors (Lipinski definition) is 1. The number of fused-ring (bicyclic) bond motifs is 3. The van der Waals surface area contributed by atoms with E-state index in [1.807, 2.05) is 36.0 Å². The molecule has 104 valence electrons. The van der Waals surface area contributed by atoms with Gasteiger partial charge in [0.25, 0.3) is 0 Å². The van der Waals surface area contributed by atoms with Crippen LogP contribution in [0.1, 0.15) is 12.8 Å². The topological polar surface area (TPSA) is 51.0 Å². The quantitative estimate of drug-likeness (QED) is 0.696. The molecule has 0 bridgehead atoms. The monoisotopic (exact) mass is 287 g/mol. The number of aromatic nitrogens is 2. The molecular weight excluding hydrogens is 270 g/mol. The second-order valence-electron chi connectivity index (χ2n) is 4.62. The number of anilines is 1. The molecule has 0 amide bonds. The fraction of sp³-hybridized carbons (Fsp3) is 0.333. The van der Waals surface area contributed by atoms with E-state index in [0.717, 1.165) is 40.9 Å². The number of thioether (sulfide) groups is 1.